The molecular weight excluding hydrogens is 326 g/mol. The third kappa shape index (κ3) is 3.65. The van der Waals surface area contributed by atoms with Gasteiger partial charge in [0.1, 0.15) is 5.69 Å². The molecule has 0 fully saturated rings. The van der Waals surface area contributed by atoms with Crippen LogP contribution in [-0.2, 0) is 4.79 Å². The first-order valence-electron chi connectivity index (χ1n) is 7.04. The number of hydrogen-bond donors (Lipinski definition) is 3. The van der Waals surface area contributed by atoms with E-state index in [0.717, 1.165) is 15.0 Å². The molecule has 2 aromatic heterocycles. The van der Waals surface area contributed by atoms with Gasteiger partial charge in [0.15, 0.2) is 0 Å². The van der Waals surface area contributed by atoms with Gasteiger partial charge >= 0.3 is 0 Å². The van der Waals surface area contributed by atoms with E-state index in [1.807, 2.05) is 24.3 Å². The second kappa shape index (κ2) is 7.03. The number of thiophene rings is 1. The fourth-order valence-corrected chi connectivity index (χ4v) is 3.06. The zero-order chi connectivity index (χ0) is 16.9. The summed E-state index contributed by atoms with van der Waals surface area (Å²) in [5.41, 5.74) is 2.56. The predicted molar refractivity (Wildman–Crippen MR) is 93.0 cm³/mol. The zero-order valence-corrected chi connectivity index (χ0v) is 13.2. The number of hydroxylamine groups is 1. The standard InChI is InChI=1S/C17H13N3O3S/c21-16(20-23)7-5-13-10-11-9-12(4-6-15(11)24-13)19-17(22)14-3-1-2-8-18-14/h1-10,23H,(H,19,22)(H,20,21). The van der Waals surface area contributed by atoms with Crippen LogP contribution >= 0.6 is 11.3 Å². The van der Waals surface area contributed by atoms with E-state index >= 15 is 0 Å². The normalized spacial score (nSPS) is 10.9. The van der Waals surface area contributed by atoms with Crippen LogP contribution in [0.3, 0.4) is 0 Å². The molecule has 0 aliphatic rings. The van der Waals surface area contributed by atoms with Gasteiger partial charge in [-0.05, 0) is 47.9 Å². The highest BCUT2D eigenvalue weighted by molar-refractivity contribution is 7.19. The van der Waals surface area contributed by atoms with Crippen molar-refractivity contribution >= 4 is 45.0 Å². The third-order valence-electron chi connectivity index (χ3n) is 3.20. The Labute approximate surface area is 141 Å². The van der Waals surface area contributed by atoms with Crippen molar-refractivity contribution in [2.45, 2.75) is 0 Å². The monoisotopic (exact) mass is 339 g/mol. The molecule has 0 aliphatic heterocycles. The fourth-order valence-electron chi connectivity index (χ4n) is 2.11. The Balaban J connectivity index is 1.80. The Morgan fingerprint density at radius 1 is 1.17 bits per heavy atom. The molecule has 2 heterocycles. The van der Waals surface area contributed by atoms with E-state index in [9.17, 15) is 9.59 Å². The smallest absolute Gasteiger partial charge is 0.274 e. The summed E-state index contributed by atoms with van der Waals surface area (Å²) in [6, 6.07) is 12.6. The van der Waals surface area contributed by atoms with Gasteiger partial charge < -0.3 is 5.32 Å². The number of carbonyl (C=O) groups excluding carboxylic acids is 2. The molecule has 3 aromatic rings. The molecule has 0 aliphatic carbocycles. The molecule has 6 nitrogen and oxygen atoms in total. The van der Waals surface area contributed by atoms with Gasteiger partial charge in [0.25, 0.3) is 11.8 Å². The quantitative estimate of drug-likeness (QED) is 0.387. The molecule has 0 atom stereocenters. The molecule has 0 radical (unpaired) electrons. The van der Waals surface area contributed by atoms with Crippen molar-refractivity contribution < 1.29 is 14.8 Å². The summed E-state index contributed by atoms with van der Waals surface area (Å²) < 4.78 is 1.02. The van der Waals surface area contributed by atoms with Crippen LogP contribution in [0.15, 0.2) is 54.7 Å². The van der Waals surface area contributed by atoms with Crippen LogP contribution in [-0.4, -0.2) is 22.0 Å². The van der Waals surface area contributed by atoms with Crippen molar-refractivity contribution in [2.75, 3.05) is 5.32 Å². The molecule has 7 heteroatoms. The van der Waals surface area contributed by atoms with Gasteiger partial charge in [-0.15, -0.1) is 11.3 Å². The SMILES string of the molecule is O=C(C=Cc1cc2cc(NC(=O)c3ccccn3)ccc2s1)NO. The van der Waals surface area contributed by atoms with Crippen LogP contribution in [0.25, 0.3) is 16.2 Å². The molecular formula is C17H13N3O3S. The molecule has 1 aromatic carbocycles. The Bertz CT molecular complexity index is 919. The van der Waals surface area contributed by atoms with Crippen molar-refractivity contribution in [3.05, 3.63) is 65.3 Å². The van der Waals surface area contributed by atoms with Crippen molar-refractivity contribution in [3.63, 3.8) is 0 Å². The van der Waals surface area contributed by atoms with Gasteiger partial charge in [-0.2, -0.15) is 0 Å². The fraction of sp³-hybridized carbons (Fsp3) is 0. The molecule has 3 rings (SSSR count). The summed E-state index contributed by atoms with van der Waals surface area (Å²) in [7, 11) is 0. The minimum atomic E-state index is -0.587. The largest absolute Gasteiger partial charge is 0.321 e. The van der Waals surface area contributed by atoms with E-state index < -0.39 is 5.91 Å². The summed E-state index contributed by atoms with van der Waals surface area (Å²) in [5.74, 6) is -0.860. The van der Waals surface area contributed by atoms with E-state index in [4.69, 9.17) is 5.21 Å². The molecule has 0 saturated carbocycles. The van der Waals surface area contributed by atoms with Crippen molar-refractivity contribution in [3.8, 4) is 0 Å². The Morgan fingerprint density at radius 3 is 2.79 bits per heavy atom. The van der Waals surface area contributed by atoms with Gasteiger partial charge in [0.05, 0.1) is 0 Å². The molecule has 0 unspecified atom stereocenters. The van der Waals surface area contributed by atoms with Crippen LogP contribution in [0.2, 0.25) is 0 Å². The van der Waals surface area contributed by atoms with Gasteiger partial charge in [-0.3, -0.25) is 19.8 Å². The lowest BCUT2D eigenvalue weighted by Gasteiger charge is -2.04. The summed E-state index contributed by atoms with van der Waals surface area (Å²) >= 11 is 1.50. The van der Waals surface area contributed by atoms with Gasteiger partial charge in [0.2, 0.25) is 0 Å². The van der Waals surface area contributed by atoms with Crippen LogP contribution < -0.4 is 10.8 Å². The molecule has 0 bridgehead atoms. The van der Waals surface area contributed by atoms with E-state index in [2.05, 4.69) is 10.3 Å². The summed E-state index contributed by atoms with van der Waals surface area (Å²) in [5, 5.41) is 12.2. The number of pyridine rings is 1. The first-order chi connectivity index (χ1) is 11.7. The topological polar surface area (TPSA) is 91.3 Å². The summed E-state index contributed by atoms with van der Waals surface area (Å²) in [6.07, 6.45) is 4.43. The van der Waals surface area contributed by atoms with E-state index in [0.29, 0.717) is 11.4 Å². The maximum Gasteiger partial charge on any atom is 0.274 e. The maximum absolute atomic E-state index is 12.1. The van der Waals surface area contributed by atoms with Crippen LogP contribution in [0.1, 0.15) is 15.4 Å². The van der Waals surface area contributed by atoms with Crippen molar-refractivity contribution in [1.29, 1.82) is 0 Å². The van der Waals surface area contributed by atoms with Gasteiger partial charge in [-0.25, -0.2) is 5.48 Å². The highest BCUT2D eigenvalue weighted by atomic mass is 32.1. The number of benzene rings is 1. The number of rotatable bonds is 4. The average molecular weight is 339 g/mol. The number of carbonyl (C=O) groups is 2. The number of nitrogens with zero attached hydrogens (tertiary/aromatic N) is 1. The zero-order valence-electron chi connectivity index (χ0n) is 12.4. The number of hydrogen-bond acceptors (Lipinski definition) is 5. The Kier molecular flexibility index (Phi) is 4.64. The van der Waals surface area contributed by atoms with Gasteiger partial charge in [-0.1, -0.05) is 6.07 Å². The highest BCUT2D eigenvalue weighted by Gasteiger charge is 2.08. The second-order valence-electron chi connectivity index (χ2n) is 4.88. The number of nitrogens with one attached hydrogen (secondary N) is 2. The van der Waals surface area contributed by atoms with Crippen molar-refractivity contribution in [2.24, 2.45) is 0 Å². The minimum Gasteiger partial charge on any atom is -0.321 e. The van der Waals surface area contributed by atoms with E-state index in [1.54, 1.807) is 36.0 Å². The molecule has 3 N–H and O–H groups in total. The Morgan fingerprint density at radius 2 is 2.04 bits per heavy atom. The Hall–Kier alpha value is -3.03. The number of amides is 2. The maximum atomic E-state index is 12.1. The number of aromatic nitrogens is 1. The summed E-state index contributed by atoms with van der Waals surface area (Å²) in [4.78, 5) is 28.0. The van der Waals surface area contributed by atoms with Crippen LogP contribution in [0.5, 0.6) is 0 Å². The molecule has 120 valence electrons. The van der Waals surface area contributed by atoms with Crippen LogP contribution in [0.4, 0.5) is 5.69 Å². The summed E-state index contributed by atoms with van der Waals surface area (Å²) in [6.45, 7) is 0. The highest BCUT2D eigenvalue weighted by Crippen LogP contribution is 2.29. The molecule has 0 spiro atoms. The third-order valence-corrected chi connectivity index (χ3v) is 4.28. The molecule has 24 heavy (non-hydrogen) atoms. The lowest BCUT2D eigenvalue weighted by Crippen LogP contribution is -2.14. The molecule has 0 saturated heterocycles. The first-order valence-corrected chi connectivity index (χ1v) is 7.85. The average Bonchev–Trinajstić information content (AvgIpc) is 3.02. The van der Waals surface area contributed by atoms with Crippen molar-refractivity contribution in [1.82, 2.24) is 10.5 Å². The molecule has 2 amide bonds. The van der Waals surface area contributed by atoms with Gasteiger partial charge in [0, 0.05) is 27.5 Å². The number of anilines is 1. The first kappa shape index (κ1) is 15.9. The second-order valence-corrected chi connectivity index (χ2v) is 6.00. The lowest BCUT2D eigenvalue weighted by atomic mass is 10.2. The van der Waals surface area contributed by atoms with Crippen LogP contribution in [0, 0.1) is 0 Å². The van der Waals surface area contributed by atoms with E-state index in [-0.39, 0.29) is 5.91 Å². The lowest BCUT2D eigenvalue weighted by molar-refractivity contribution is -0.124. The predicted octanol–water partition coefficient (Wildman–Crippen LogP) is 3.07. The van der Waals surface area contributed by atoms with E-state index in [1.165, 1.54) is 17.4 Å². The minimum absolute atomic E-state index is 0.273. The number of fused-ring (bicyclic) bond motifs is 1.